The topological polar surface area (TPSA) is 99.4 Å². The van der Waals surface area contributed by atoms with Gasteiger partial charge in [-0.1, -0.05) is 58.4 Å². The Hall–Kier alpha value is -3.72. The third-order valence-corrected chi connectivity index (χ3v) is 8.19. The van der Waals surface area contributed by atoms with E-state index in [0.717, 1.165) is 26.3 Å². The molecule has 0 aliphatic heterocycles. The Morgan fingerprint density at radius 2 is 1.32 bits per heavy atom. The van der Waals surface area contributed by atoms with Crippen LogP contribution in [0.2, 0.25) is 10.0 Å². The highest BCUT2D eigenvalue weighted by molar-refractivity contribution is 7.99. The van der Waals surface area contributed by atoms with Crippen LogP contribution in [0.4, 0.5) is 5.82 Å². The fourth-order valence-electron chi connectivity index (χ4n) is 3.90. The van der Waals surface area contributed by atoms with Crippen LogP contribution in [0.1, 0.15) is 16.7 Å². The van der Waals surface area contributed by atoms with Gasteiger partial charge in [0.05, 0.1) is 11.1 Å². The molecule has 2 heterocycles. The van der Waals surface area contributed by atoms with E-state index < -0.39 is 0 Å². The van der Waals surface area contributed by atoms with E-state index in [9.17, 15) is 10.5 Å². The Bertz CT molecular complexity index is 1770. The summed E-state index contributed by atoms with van der Waals surface area (Å²) in [4.78, 5) is 11.1. The number of hydrogen-bond donors (Lipinski definition) is 1. The van der Waals surface area contributed by atoms with Crippen LogP contribution in [0.3, 0.4) is 0 Å². The van der Waals surface area contributed by atoms with Crippen molar-refractivity contribution in [1.82, 2.24) is 9.97 Å². The third-order valence-electron chi connectivity index (χ3n) is 5.68. The van der Waals surface area contributed by atoms with Gasteiger partial charge in [0.2, 0.25) is 0 Å². The number of anilines is 1. The Morgan fingerprint density at radius 1 is 0.737 bits per heavy atom. The molecule has 38 heavy (non-hydrogen) atoms. The Morgan fingerprint density at radius 3 is 1.89 bits per heavy atom. The van der Waals surface area contributed by atoms with Crippen molar-refractivity contribution in [2.75, 3.05) is 5.73 Å². The average molecular weight is 571 g/mol. The van der Waals surface area contributed by atoms with E-state index in [2.05, 4.69) is 17.1 Å². The first-order valence-corrected chi connectivity index (χ1v) is 13.7. The standard InChI is InChI=1S/C29H17Cl2N5S2/c1-16-2-11-25-17(12-16)13-22(28(35-25)37-20-7-3-18(30)4-8-20)26-23(14-32)27(34)36-29(24(26)15-33)38-21-9-5-19(31)6-10-21/h2-13H,1H3,(H2,34,36). The Labute approximate surface area is 238 Å². The fraction of sp³-hybridized carbons (Fsp3) is 0.0345. The van der Waals surface area contributed by atoms with Crippen LogP contribution in [-0.4, -0.2) is 9.97 Å². The van der Waals surface area contributed by atoms with Gasteiger partial charge in [0.1, 0.15) is 33.6 Å². The first-order valence-electron chi connectivity index (χ1n) is 11.3. The van der Waals surface area contributed by atoms with E-state index in [1.807, 2.05) is 55.5 Å². The molecule has 5 aromatic rings. The molecule has 0 radical (unpaired) electrons. The van der Waals surface area contributed by atoms with Crippen LogP contribution < -0.4 is 5.73 Å². The third kappa shape index (κ3) is 5.29. The van der Waals surface area contributed by atoms with Gasteiger partial charge in [-0.05, 0) is 73.7 Å². The summed E-state index contributed by atoms with van der Waals surface area (Å²) in [6, 6.07) is 27.0. The Kier molecular flexibility index (Phi) is 7.46. The van der Waals surface area contributed by atoms with E-state index in [1.54, 1.807) is 24.3 Å². The summed E-state index contributed by atoms with van der Waals surface area (Å²) < 4.78 is 0. The lowest BCUT2D eigenvalue weighted by Crippen LogP contribution is -2.04. The second kappa shape index (κ2) is 10.9. The molecule has 0 spiro atoms. The van der Waals surface area contributed by atoms with Gasteiger partial charge >= 0.3 is 0 Å². The lowest BCUT2D eigenvalue weighted by Gasteiger charge is -2.16. The minimum atomic E-state index is 0.0461. The van der Waals surface area contributed by atoms with Crippen molar-refractivity contribution in [2.45, 2.75) is 26.8 Å². The van der Waals surface area contributed by atoms with Crippen LogP contribution in [0, 0.1) is 29.6 Å². The molecule has 0 unspecified atom stereocenters. The van der Waals surface area contributed by atoms with Crippen molar-refractivity contribution in [3.8, 4) is 23.3 Å². The SMILES string of the molecule is Cc1ccc2nc(Sc3ccc(Cl)cc3)c(-c3c(C#N)c(N)nc(Sc4ccc(Cl)cc4)c3C#N)cc2c1. The highest BCUT2D eigenvalue weighted by Crippen LogP contribution is 2.43. The molecule has 2 aromatic heterocycles. The molecule has 0 saturated carbocycles. The maximum absolute atomic E-state index is 10.3. The number of aromatic nitrogens is 2. The zero-order valence-electron chi connectivity index (χ0n) is 19.9. The zero-order chi connectivity index (χ0) is 26.8. The number of nitrogens with two attached hydrogens (primary N) is 1. The highest BCUT2D eigenvalue weighted by Gasteiger charge is 2.24. The Balaban J connectivity index is 1.78. The summed E-state index contributed by atoms with van der Waals surface area (Å²) in [5, 5.41) is 23.6. The number of benzene rings is 3. The van der Waals surface area contributed by atoms with E-state index in [-0.39, 0.29) is 16.9 Å². The molecule has 0 aliphatic rings. The average Bonchev–Trinajstić information content (AvgIpc) is 2.91. The van der Waals surface area contributed by atoms with Crippen LogP contribution in [0.5, 0.6) is 0 Å². The zero-order valence-corrected chi connectivity index (χ0v) is 23.0. The summed E-state index contributed by atoms with van der Waals surface area (Å²) in [6.45, 7) is 2.00. The fourth-order valence-corrected chi connectivity index (χ4v) is 5.96. The van der Waals surface area contributed by atoms with Gasteiger partial charge in [-0.25, -0.2) is 9.97 Å². The molecular weight excluding hydrogens is 553 g/mol. The van der Waals surface area contributed by atoms with Crippen molar-refractivity contribution in [2.24, 2.45) is 0 Å². The first kappa shape index (κ1) is 25.9. The van der Waals surface area contributed by atoms with Gasteiger partial charge in [0, 0.05) is 36.3 Å². The summed E-state index contributed by atoms with van der Waals surface area (Å²) in [5.41, 5.74) is 9.59. The number of nitriles is 2. The van der Waals surface area contributed by atoms with Gasteiger partial charge in [-0.15, -0.1) is 0 Å². The summed E-state index contributed by atoms with van der Waals surface area (Å²) in [6.07, 6.45) is 0. The molecular formula is C29H17Cl2N5S2. The molecule has 9 heteroatoms. The molecule has 0 aliphatic carbocycles. The van der Waals surface area contributed by atoms with Crippen molar-refractivity contribution in [1.29, 1.82) is 10.5 Å². The van der Waals surface area contributed by atoms with Crippen molar-refractivity contribution in [3.05, 3.63) is 99.5 Å². The van der Waals surface area contributed by atoms with Gasteiger partial charge < -0.3 is 5.73 Å². The predicted octanol–water partition coefficient (Wildman–Crippen LogP) is 8.54. The smallest absolute Gasteiger partial charge is 0.143 e. The quantitative estimate of drug-likeness (QED) is 0.226. The number of rotatable bonds is 5. The van der Waals surface area contributed by atoms with E-state index >= 15 is 0 Å². The molecule has 0 fully saturated rings. The van der Waals surface area contributed by atoms with Crippen molar-refractivity contribution >= 4 is 63.4 Å². The second-order valence-corrected chi connectivity index (χ2v) is 11.3. The van der Waals surface area contributed by atoms with Crippen LogP contribution >= 0.6 is 46.7 Å². The molecule has 0 bridgehead atoms. The molecule has 184 valence electrons. The van der Waals surface area contributed by atoms with Crippen LogP contribution in [-0.2, 0) is 0 Å². The molecule has 0 amide bonds. The van der Waals surface area contributed by atoms with Crippen LogP contribution in [0.25, 0.3) is 22.0 Å². The second-order valence-electron chi connectivity index (χ2n) is 8.30. The van der Waals surface area contributed by atoms with E-state index in [1.165, 1.54) is 23.5 Å². The number of nitrogen functional groups attached to an aromatic ring is 1. The number of pyridine rings is 2. The minimum absolute atomic E-state index is 0.0461. The molecule has 3 aromatic carbocycles. The number of nitrogens with zero attached hydrogens (tertiary/aromatic N) is 4. The molecule has 5 nitrogen and oxygen atoms in total. The van der Waals surface area contributed by atoms with Crippen molar-refractivity contribution in [3.63, 3.8) is 0 Å². The lowest BCUT2D eigenvalue weighted by molar-refractivity contribution is 1.10. The molecule has 2 N–H and O–H groups in total. The van der Waals surface area contributed by atoms with Gasteiger partial charge in [0.15, 0.2) is 0 Å². The summed E-state index contributed by atoms with van der Waals surface area (Å²) >= 11 is 14.8. The van der Waals surface area contributed by atoms with E-state index in [0.29, 0.717) is 31.2 Å². The van der Waals surface area contributed by atoms with Crippen molar-refractivity contribution < 1.29 is 0 Å². The summed E-state index contributed by atoms with van der Waals surface area (Å²) in [5.74, 6) is 0.0461. The predicted molar refractivity (Wildman–Crippen MR) is 155 cm³/mol. The van der Waals surface area contributed by atoms with Crippen LogP contribution in [0.15, 0.2) is 92.6 Å². The molecule has 0 saturated heterocycles. The van der Waals surface area contributed by atoms with Gasteiger partial charge in [-0.2, -0.15) is 10.5 Å². The monoisotopic (exact) mass is 569 g/mol. The number of fused-ring (bicyclic) bond motifs is 1. The highest BCUT2D eigenvalue weighted by atomic mass is 35.5. The largest absolute Gasteiger partial charge is 0.383 e. The lowest BCUT2D eigenvalue weighted by atomic mass is 9.96. The van der Waals surface area contributed by atoms with Gasteiger partial charge in [-0.3, -0.25) is 0 Å². The maximum atomic E-state index is 10.3. The number of aryl methyl sites for hydroxylation is 1. The minimum Gasteiger partial charge on any atom is -0.383 e. The molecule has 5 rings (SSSR count). The van der Waals surface area contributed by atoms with E-state index in [4.69, 9.17) is 33.9 Å². The molecule has 0 atom stereocenters. The van der Waals surface area contributed by atoms with Gasteiger partial charge in [0.25, 0.3) is 0 Å². The normalized spacial score (nSPS) is 10.8. The maximum Gasteiger partial charge on any atom is 0.143 e. The number of halogens is 2. The number of hydrogen-bond acceptors (Lipinski definition) is 7. The summed E-state index contributed by atoms with van der Waals surface area (Å²) in [7, 11) is 0. The first-order chi connectivity index (χ1) is 18.4.